The highest BCUT2D eigenvalue weighted by Crippen LogP contribution is 2.28. The van der Waals surface area contributed by atoms with E-state index >= 15 is 0 Å². The normalized spacial score (nSPS) is 10.7. The second kappa shape index (κ2) is 8.52. The number of nitrogens with zero attached hydrogens (tertiary/aromatic N) is 2. The Kier molecular flexibility index (Phi) is 6.12. The van der Waals surface area contributed by atoms with E-state index in [1.165, 1.54) is 0 Å². The SMILES string of the molecule is CN(Cc1ccc(Br)cc1)C(=O)CCc1ncc(-c2ccccc2Cl)o1. The molecule has 2 aromatic carbocycles. The summed E-state index contributed by atoms with van der Waals surface area (Å²) in [4.78, 5) is 18.3. The van der Waals surface area contributed by atoms with Crippen LogP contribution in [0.15, 0.2) is 63.6 Å². The van der Waals surface area contributed by atoms with Crippen molar-refractivity contribution in [1.82, 2.24) is 9.88 Å². The van der Waals surface area contributed by atoms with Gasteiger partial charge in [0, 0.05) is 36.5 Å². The fourth-order valence-corrected chi connectivity index (χ4v) is 3.06. The average molecular weight is 434 g/mol. The van der Waals surface area contributed by atoms with Crippen LogP contribution in [0, 0.1) is 0 Å². The standard InChI is InChI=1S/C20H18BrClN2O2/c1-24(13-14-6-8-15(21)9-7-14)20(25)11-10-19-23-12-18(26-19)16-4-2-3-5-17(16)22/h2-9,12H,10-11,13H2,1H3. The first-order valence-electron chi connectivity index (χ1n) is 8.21. The molecule has 1 heterocycles. The maximum Gasteiger partial charge on any atom is 0.223 e. The highest BCUT2D eigenvalue weighted by molar-refractivity contribution is 9.10. The molecule has 3 rings (SSSR count). The molecule has 0 aliphatic rings. The first kappa shape index (κ1) is 18.7. The molecule has 0 saturated heterocycles. The Morgan fingerprint density at radius 1 is 1.19 bits per heavy atom. The predicted octanol–water partition coefficient (Wildman–Crippen LogP) is 5.35. The van der Waals surface area contributed by atoms with Crippen molar-refractivity contribution < 1.29 is 9.21 Å². The van der Waals surface area contributed by atoms with Gasteiger partial charge >= 0.3 is 0 Å². The Balaban J connectivity index is 1.56. The number of carbonyl (C=O) groups excluding carboxylic acids is 1. The maximum absolute atomic E-state index is 12.3. The number of halogens is 2. The van der Waals surface area contributed by atoms with Crippen LogP contribution in [0.2, 0.25) is 5.02 Å². The summed E-state index contributed by atoms with van der Waals surface area (Å²) < 4.78 is 6.76. The minimum atomic E-state index is 0.0467. The minimum absolute atomic E-state index is 0.0467. The molecule has 4 nitrogen and oxygen atoms in total. The van der Waals surface area contributed by atoms with Crippen molar-refractivity contribution in [1.29, 1.82) is 0 Å². The van der Waals surface area contributed by atoms with Crippen LogP contribution in [0.4, 0.5) is 0 Å². The number of hydrogen-bond donors (Lipinski definition) is 0. The Hall–Kier alpha value is -2.11. The highest BCUT2D eigenvalue weighted by Gasteiger charge is 2.13. The van der Waals surface area contributed by atoms with E-state index in [9.17, 15) is 4.79 Å². The van der Waals surface area contributed by atoms with Gasteiger partial charge in [0.15, 0.2) is 11.7 Å². The first-order valence-corrected chi connectivity index (χ1v) is 9.38. The summed E-state index contributed by atoms with van der Waals surface area (Å²) >= 11 is 9.58. The molecule has 0 fully saturated rings. The lowest BCUT2D eigenvalue weighted by Gasteiger charge is -2.17. The summed E-state index contributed by atoms with van der Waals surface area (Å²) in [5, 5.41) is 0.612. The predicted molar refractivity (Wildman–Crippen MR) is 106 cm³/mol. The third kappa shape index (κ3) is 4.74. The molecule has 1 amide bonds. The Bertz CT molecular complexity index is 893. The van der Waals surface area contributed by atoms with Crippen molar-refractivity contribution >= 4 is 33.4 Å². The van der Waals surface area contributed by atoms with Gasteiger partial charge in [0.25, 0.3) is 0 Å². The van der Waals surface area contributed by atoms with Crippen molar-refractivity contribution in [3.63, 3.8) is 0 Å². The Labute approximate surface area is 165 Å². The van der Waals surface area contributed by atoms with Crippen LogP contribution in [-0.4, -0.2) is 22.8 Å². The average Bonchev–Trinajstić information content (AvgIpc) is 3.10. The van der Waals surface area contributed by atoms with E-state index in [2.05, 4.69) is 20.9 Å². The molecule has 0 spiro atoms. The van der Waals surface area contributed by atoms with Crippen LogP contribution in [0.25, 0.3) is 11.3 Å². The fourth-order valence-electron chi connectivity index (χ4n) is 2.57. The summed E-state index contributed by atoms with van der Waals surface area (Å²) in [5.74, 6) is 1.19. The second-order valence-corrected chi connectivity index (χ2v) is 7.30. The number of hydrogen-bond acceptors (Lipinski definition) is 3. The molecule has 0 atom stereocenters. The molecule has 0 radical (unpaired) electrons. The molecule has 6 heteroatoms. The first-order chi connectivity index (χ1) is 12.5. The fraction of sp³-hybridized carbons (Fsp3) is 0.200. The third-order valence-electron chi connectivity index (χ3n) is 4.00. The van der Waals surface area contributed by atoms with Crippen molar-refractivity contribution in [2.24, 2.45) is 0 Å². The van der Waals surface area contributed by atoms with Crippen molar-refractivity contribution in [2.75, 3.05) is 7.05 Å². The van der Waals surface area contributed by atoms with Gasteiger partial charge in [0.1, 0.15) is 0 Å². The number of aromatic nitrogens is 1. The van der Waals surface area contributed by atoms with Crippen molar-refractivity contribution in [3.05, 3.63) is 75.7 Å². The molecule has 0 N–H and O–H groups in total. The van der Waals surface area contributed by atoms with E-state index in [-0.39, 0.29) is 5.91 Å². The zero-order valence-corrected chi connectivity index (χ0v) is 16.6. The molecule has 134 valence electrons. The van der Waals surface area contributed by atoms with Crippen LogP contribution < -0.4 is 0 Å². The monoisotopic (exact) mass is 432 g/mol. The summed E-state index contributed by atoms with van der Waals surface area (Å²) in [6.45, 7) is 0.572. The van der Waals surface area contributed by atoms with Gasteiger partial charge in [-0.2, -0.15) is 0 Å². The van der Waals surface area contributed by atoms with Gasteiger partial charge in [-0.25, -0.2) is 4.98 Å². The topological polar surface area (TPSA) is 46.3 Å². The molecule has 3 aromatic rings. The molecule has 0 aliphatic heterocycles. The van der Waals surface area contributed by atoms with E-state index in [0.29, 0.717) is 36.1 Å². The lowest BCUT2D eigenvalue weighted by molar-refractivity contribution is -0.130. The molecule has 0 bridgehead atoms. The largest absolute Gasteiger partial charge is 0.441 e. The summed E-state index contributed by atoms with van der Waals surface area (Å²) in [5.41, 5.74) is 1.88. The van der Waals surface area contributed by atoms with Crippen LogP contribution in [-0.2, 0) is 17.8 Å². The number of benzene rings is 2. The van der Waals surface area contributed by atoms with E-state index < -0.39 is 0 Å². The number of aryl methyl sites for hydroxylation is 1. The number of oxazole rings is 1. The molecular weight excluding hydrogens is 416 g/mol. The van der Waals surface area contributed by atoms with E-state index in [1.54, 1.807) is 24.2 Å². The van der Waals surface area contributed by atoms with Gasteiger partial charge in [-0.1, -0.05) is 51.8 Å². The van der Waals surface area contributed by atoms with Crippen LogP contribution >= 0.6 is 27.5 Å². The zero-order chi connectivity index (χ0) is 18.5. The molecule has 1 aromatic heterocycles. The van der Waals surface area contributed by atoms with Gasteiger partial charge in [0.2, 0.25) is 5.91 Å². The Morgan fingerprint density at radius 2 is 1.92 bits per heavy atom. The lowest BCUT2D eigenvalue weighted by Crippen LogP contribution is -2.26. The maximum atomic E-state index is 12.3. The van der Waals surface area contributed by atoms with E-state index in [0.717, 1.165) is 15.6 Å². The van der Waals surface area contributed by atoms with Gasteiger partial charge in [-0.3, -0.25) is 4.79 Å². The number of amides is 1. The van der Waals surface area contributed by atoms with E-state index in [4.69, 9.17) is 16.0 Å². The number of carbonyl (C=O) groups is 1. The molecule has 0 aliphatic carbocycles. The van der Waals surface area contributed by atoms with Crippen LogP contribution in [0.3, 0.4) is 0 Å². The van der Waals surface area contributed by atoms with Gasteiger partial charge in [0.05, 0.1) is 11.2 Å². The molecular formula is C20H18BrClN2O2. The summed E-state index contributed by atoms with van der Waals surface area (Å²) in [7, 11) is 1.80. The van der Waals surface area contributed by atoms with Crippen LogP contribution in [0.5, 0.6) is 0 Å². The molecule has 0 unspecified atom stereocenters. The van der Waals surface area contributed by atoms with Gasteiger partial charge < -0.3 is 9.32 Å². The third-order valence-corrected chi connectivity index (χ3v) is 4.86. The molecule has 26 heavy (non-hydrogen) atoms. The van der Waals surface area contributed by atoms with Gasteiger partial charge in [-0.05, 0) is 29.8 Å². The van der Waals surface area contributed by atoms with Crippen LogP contribution in [0.1, 0.15) is 17.9 Å². The highest BCUT2D eigenvalue weighted by atomic mass is 79.9. The van der Waals surface area contributed by atoms with Gasteiger partial charge in [-0.15, -0.1) is 0 Å². The smallest absolute Gasteiger partial charge is 0.223 e. The van der Waals surface area contributed by atoms with Crippen molar-refractivity contribution in [3.8, 4) is 11.3 Å². The lowest BCUT2D eigenvalue weighted by atomic mass is 10.2. The minimum Gasteiger partial charge on any atom is -0.441 e. The zero-order valence-electron chi connectivity index (χ0n) is 14.3. The van der Waals surface area contributed by atoms with E-state index in [1.807, 2.05) is 42.5 Å². The van der Waals surface area contributed by atoms with Crippen molar-refractivity contribution in [2.45, 2.75) is 19.4 Å². The summed E-state index contributed by atoms with van der Waals surface area (Å²) in [6.07, 6.45) is 2.44. The summed E-state index contributed by atoms with van der Waals surface area (Å²) in [6, 6.07) is 15.4. The number of rotatable bonds is 6. The molecule has 0 saturated carbocycles. The quantitative estimate of drug-likeness (QED) is 0.526. The Morgan fingerprint density at radius 3 is 2.65 bits per heavy atom. The second-order valence-electron chi connectivity index (χ2n) is 5.97.